The van der Waals surface area contributed by atoms with Crippen LogP contribution in [0.2, 0.25) is 0 Å². The van der Waals surface area contributed by atoms with E-state index in [1.807, 2.05) is 27.0 Å². The normalized spacial score (nSPS) is 19.4. The fraction of sp³-hybridized carbons (Fsp3) is 0.538. The molecule has 1 unspecified atom stereocenters. The number of likely N-dealkylation sites (N-methyl/N-ethyl adjacent to an activating group) is 1. The Labute approximate surface area is 97.5 Å². The third-order valence-corrected chi connectivity index (χ3v) is 2.80. The molecule has 1 aliphatic rings. The molecule has 0 radical (unpaired) electrons. The largest absolute Gasteiger partial charge is 0.298 e. The summed E-state index contributed by atoms with van der Waals surface area (Å²) in [4.78, 5) is 17.7. The van der Waals surface area contributed by atoms with E-state index in [2.05, 4.69) is 16.0 Å². The third-order valence-electron chi connectivity index (χ3n) is 2.80. The second-order valence-corrected chi connectivity index (χ2v) is 3.85. The highest BCUT2D eigenvalue weighted by Crippen LogP contribution is 2.20. The number of rotatable bonds is 1. The fourth-order valence-electron chi connectivity index (χ4n) is 1.96. The van der Waals surface area contributed by atoms with Gasteiger partial charge in [-0.15, -0.1) is 0 Å². The maximum atomic E-state index is 11.4. The summed E-state index contributed by atoms with van der Waals surface area (Å²) in [5.74, 6) is 0.238. The van der Waals surface area contributed by atoms with Crippen LogP contribution in [-0.2, 0) is 17.8 Å². The Balaban J connectivity index is 0.000000606. The SMILES string of the molecule is CC.CC(=O)C1Cc2cccnc2CN1C. The highest BCUT2D eigenvalue weighted by molar-refractivity contribution is 5.82. The van der Waals surface area contributed by atoms with Gasteiger partial charge < -0.3 is 0 Å². The lowest BCUT2D eigenvalue weighted by Gasteiger charge is -2.31. The zero-order chi connectivity index (χ0) is 12.1. The predicted molar refractivity (Wildman–Crippen MR) is 65.2 cm³/mol. The van der Waals surface area contributed by atoms with Crippen molar-refractivity contribution in [3.05, 3.63) is 29.6 Å². The van der Waals surface area contributed by atoms with Crippen LogP contribution in [0.1, 0.15) is 32.0 Å². The molecule has 2 heterocycles. The van der Waals surface area contributed by atoms with Gasteiger partial charge in [-0.1, -0.05) is 19.9 Å². The van der Waals surface area contributed by atoms with Gasteiger partial charge in [-0.3, -0.25) is 14.7 Å². The van der Waals surface area contributed by atoms with Crippen LogP contribution in [-0.4, -0.2) is 28.8 Å². The minimum absolute atomic E-state index is 0.0340. The molecule has 0 saturated carbocycles. The van der Waals surface area contributed by atoms with Crippen molar-refractivity contribution in [2.45, 2.75) is 39.8 Å². The summed E-state index contributed by atoms with van der Waals surface area (Å²) in [6.45, 7) is 6.43. The van der Waals surface area contributed by atoms with Gasteiger partial charge in [0, 0.05) is 12.7 Å². The Morgan fingerprint density at radius 1 is 1.50 bits per heavy atom. The molecule has 0 aromatic carbocycles. The van der Waals surface area contributed by atoms with Gasteiger partial charge in [0.25, 0.3) is 0 Å². The minimum atomic E-state index is 0.0340. The van der Waals surface area contributed by atoms with Gasteiger partial charge in [0.2, 0.25) is 0 Å². The first-order valence-corrected chi connectivity index (χ1v) is 5.82. The number of carbonyl (C=O) groups excluding carboxylic acids is 1. The first-order chi connectivity index (χ1) is 7.68. The van der Waals surface area contributed by atoms with Gasteiger partial charge in [0.05, 0.1) is 11.7 Å². The van der Waals surface area contributed by atoms with Gasteiger partial charge in [-0.25, -0.2) is 0 Å². The van der Waals surface area contributed by atoms with Gasteiger partial charge >= 0.3 is 0 Å². The molecule has 0 amide bonds. The molecule has 2 rings (SSSR count). The van der Waals surface area contributed by atoms with E-state index in [0.717, 1.165) is 18.7 Å². The Bertz CT molecular complexity index is 363. The lowest BCUT2D eigenvalue weighted by atomic mass is 9.96. The lowest BCUT2D eigenvalue weighted by Crippen LogP contribution is -2.42. The van der Waals surface area contributed by atoms with Crippen LogP contribution in [0, 0.1) is 0 Å². The van der Waals surface area contributed by atoms with Crippen molar-refractivity contribution in [2.24, 2.45) is 0 Å². The number of aromatic nitrogens is 1. The number of carbonyl (C=O) groups is 1. The van der Waals surface area contributed by atoms with E-state index >= 15 is 0 Å². The number of hydrogen-bond donors (Lipinski definition) is 0. The van der Waals surface area contributed by atoms with E-state index in [1.54, 1.807) is 13.1 Å². The Morgan fingerprint density at radius 3 is 2.81 bits per heavy atom. The Morgan fingerprint density at radius 2 is 2.19 bits per heavy atom. The maximum absolute atomic E-state index is 11.4. The van der Waals surface area contributed by atoms with Crippen molar-refractivity contribution in [1.82, 2.24) is 9.88 Å². The van der Waals surface area contributed by atoms with Crippen molar-refractivity contribution >= 4 is 5.78 Å². The summed E-state index contributed by atoms with van der Waals surface area (Å²) in [7, 11) is 1.98. The van der Waals surface area contributed by atoms with Gasteiger partial charge in [-0.2, -0.15) is 0 Å². The molecule has 0 spiro atoms. The van der Waals surface area contributed by atoms with Crippen molar-refractivity contribution in [3.63, 3.8) is 0 Å². The Hall–Kier alpha value is -1.22. The van der Waals surface area contributed by atoms with E-state index in [4.69, 9.17) is 0 Å². The summed E-state index contributed by atoms with van der Waals surface area (Å²) in [5.41, 5.74) is 2.32. The molecule has 1 atom stereocenters. The summed E-state index contributed by atoms with van der Waals surface area (Å²) in [6, 6.07) is 4.03. The molecule has 0 fully saturated rings. The first-order valence-electron chi connectivity index (χ1n) is 5.82. The van der Waals surface area contributed by atoms with Crippen molar-refractivity contribution in [1.29, 1.82) is 0 Å². The number of hydrogen-bond acceptors (Lipinski definition) is 3. The number of ketones is 1. The lowest BCUT2D eigenvalue weighted by molar-refractivity contribution is -0.122. The zero-order valence-corrected chi connectivity index (χ0v) is 10.5. The number of fused-ring (bicyclic) bond motifs is 1. The molecule has 1 aromatic heterocycles. The molecule has 3 nitrogen and oxygen atoms in total. The molecule has 88 valence electrons. The van der Waals surface area contributed by atoms with E-state index in [1.165, 1.54) is 5.56 Å². The van der Waals surface area contributed by atoms with Crippen molar-refractivity contribution in [2.75, 3.05) is 7.05 Å². The smallest absolute Gasteiger partial charge is 0.147 e. The third kappa shape index (κ3) is 2.67. The number of Topliss-reactive ketones (excluding diaryl/α,β-unsaturated/α-hetero) is 1. The van der Waals surface area contributed by atoms with Crippen LogP contribution in [0.3, 0.4) is 0 Å². The zero-order valence-electron chi connectivity index (χ0n) is 10.5. The van der Waals surface area contributed by atoms with Crippen molar-refractivity contribution < 1.29 is 4.79 Å². The van der Waals surface area contributed by atoms with Gasteiger partial charge in [0.15, 0.2) is 0 Å². The predicted octanol–water partition coefficient (Wildman–Crippen LogP) is 2.05. The summed E-state index contributed by atoms with van der Waals surface area (Å²) < 4.78 is 0. The van der Waals surface area contributed by atoms with Crippen LogP contribution in [0.5, 0.6) is 0 Å². The fourth-order valence-corrected chi connectivity index (χ4v) is 1.96. The van der Waals surface area contributed by atoms with Crippen LogP contribution in [0.15, 0.2) is 18.3 Å². The number of nitrogens with zero attached hydrogens (tertiary/aromatic N) is 2. The maximum Gasteiger partial charge on any atom is 0.147 e. The quantitative estimate of drug-likeness (QED) is 0.726. The molecule has 16 heavy (non-hydrogen) atoms. The standard InChI is InChI=1S/C11H14N2O.C2H6/c1-8(14)11-6-9-4-3-5-12-10(9)7-13(11)2;1-2/h3-5,11H,6-7H2,1-2H3;1-2H3. The summed E-state index contributed by atoms with van der Waals surface area (Å²) >= 11 is 0. The van der Waals surface area contributed by atoms with E-state index in [-0.39, 0.29) is 11.8 Å². The molecule has 0 aliphatic carbocycles. The van der Waals surface area contributed by atoms with E-state index < -0.39 is 0 Å². The second-order valence-electron chi connectivity index (χ2n) is 3.85. The molecular weight excluding hydrogens is 200 g/mol. The topological polar surface area (TPSA) is 33.2 Å². The van der Waals surface area contributed by atoms with E-state index in [9.17, 15) is 4.79 Å². The molecular formula is C13H20N2O. The molecule has 0 N–H and O–H groups in total. The number of pyridine rings is 1. The van der Waals surface area contributed by atoms with Crippen LogP contribution < -0.4 is 0 Å². The average molecular weight is 220 g/mol. The highest BCUT2D eigenvalue weighted by atomic mass is 16.1. The van der Waals surface area contributed by atoms with E-state index in [0.29, 0.717) is 0 Å². The van der Waals surface area contributed by atoms with Crippen LogP contribution in [0.4, 0.5) is 0 Å². The van der Waals surface area contributed by atoms with Crippen molar-refractivity contribution in [3.8, 4) is 0 Å². The Kier molecular flexibility index (Phi) is 4.62. The van der Waals surface area contributed by atoms with Crippen LogP contribution in [0.25, 0.3) is 0 Å². The monoisotopic (exact) mass is 220 g/mol. The summed E-state index contributed by atoms with van der Waals surface area (Å²) in [5, 5.41) is 0. The second kappa shape index (κ2) is 5.75. The van der Waals surface area contributed by atoms with Gasteiger partial charge in [0.1, 0.15) is 5.78 Å². The highest BCUT2D eigenvalue weighted by Gasteiger charge is 2.26. The first kappa shape index (κ1) is 12.8. The van der Waals surface area contributed by atoms with Gasteiger partial charge in [-0.05, 0) is 32.0 Å². The minimum Gasteiger partial charge on any atom is -0.298 e. The van der Waals surface area contributed by atoms with Crippen LogP contribution >= 0.6 is 0 Å². The molecule has 1 aromatic rings. The average Bonchev–Trinajstić information content (AvgIpc) is 2.30. The summed E-state index contributed by atoms with van der Waals surface area (Å²) in [6.07, 6.45) is 2.61. The molecule has 3 heteroatoms. The molecule has 0 bridgehead atoms. The molecule has 0 saturated heterocycles. The molecule has 1 aliphatic heterocycles.